The summed E-state index contributed by atoms with van der Waals surface area (Å²) in [6.07, 6.45) is -4.48. The molecular weight excluding hydrogens is 271 g/mol. The van der Waals surface area contributed by atoms with Crippen LogP contribution in [-0.2, 0) is 6.18 Å². The molecule has 1 atom stereocenters. The number of halogens is 3. The zero-order chi connectivity index (χ0) is 14.9. The van der Waals surface area contributed by atoms with E-state index in [2.05, 4.69) is 15.5 Å². The van der Waals surface area contributed by atoms with E-state index in [1.807, 2.05) is 26.8 Å². The maximum Gasteiger partial charge on any atom is 0.435 e. The molecule has 1 N–H and O–H groups in total. The topological polar surface area (TPSA) is 51.0 Å². The van der Waals surface area contributed by atoms with Crippen LogP contribution < -0.4 is 5.32 Å². The average molecular weight is 285 g/mol. The number of hydrogen-bond acceptors (Lipinski definition) is 4. The quantitative estimate of drug-likeness (QED) is 0.929. The lowest BCUT2D eigenvalue weighted by Crippen LogP contribution is -2.12. The van der Waals surface area contributed by atoms with Gasteiger partial charge in [-0.1, -0.05) is 0 Å². The van der Waals surface area contributed by atoms with Gasteiger partial charge in [0.05, 0.1) is 6.04 Å². The summed E-state index contributed by atoms with van der Waals surface area (Å²) in [5.41, 5.74) is -0.0739. The molecule has 0 amide bonds. The van der Waals surface area contributed by atoms with Crippen molar-refractivity contribution in [1.82, 2.24) is 10.2 Å². The van der Waals surface area contributed by atoms with Gasteiger partial charge < -0.3 is 9.73 Å². The minimum atomic E-state index is -4.48. The van der Waals surface area contributed by atoms with Crippen molar-refractivity contribution in [2.75, 3.05) is 5.32 Å². The van der Waals surface area contributed by atoms with E-state index in [4.69, 9.17) is 4.42 Å². The number of hydrogen-bond donors (Lipinski definition) is 1. The van der Waals surface area contributed by atoms with Gasteiger partial charge in [-0.15, -0.1) is 10.2 Å². The van der Waals surface area contributed by atoms with E-state index in [0.29, 0.717) is 0 Å². The van der Waals surface area contributed by atoms with Crippen LogP contribution >= 0.6 is 0 Å². The van der Waals surface area contributed by atoms with Gasteiger partial charge in [-0.25, -0.2) is 0 Å². The van der Waals surface area contributed by atoms with Crippen LogP contribution in [0.2, 0.25) is 0 Å². The molecule has 2 aromatic rings. The van der Waals surface area contributed by atoms with Crippen LogP contribution in [0.5, 0.6) is 0 Å². The van der Waals surface area contributed by atoms with Gasteiger partial charge in [0.15, 0.2) is 5.69 Å². The summed E-state index contributed by atoms with van der Waals surface area (Å²) in [7, 11) is 0. The first-order chi connectivity index (χ1) is 9.27. The first kappa shape index (κ1) is 14.4. The molecule has 0 aliphatic rings. The molecule has 0 aliphatic heterocycles. The molecule has 0 bridgehead atoms. The first-order valence-electron chi connectivity index (χ1n) is 6.02. The van der Waals surface area contributed by atoms with Gasteiger partial charge in [0.1, 0.15) is 17.3 Å². The smallest absolute Gasteiger partial charge is 0.435 e. The van der Waals surface area contributed by atoms with Gasteiger partial charge >= 0.3 is 6.18 Å². The van der Waals surface area contributed by atoms with Gasteiger partial charge in [0, 0.05) is 5.56 Å². The first-order valence-corrected chi connectivity index (χ1v) is 6.02. The Bertz CT molecular complexity index is 590. The molecule has 20 heavy (non-hydrogen) atoms. The van der Waals surface area contributed by atoms with Gasteiger partial charge in [0.2, 0.25) is 0 Å². The Morgan fingerprint density at radius 1 is 1.20 bits per heavy atom. The number of aryl methyl sites for hydroxylation is 2. The highest BCUT2D eigenvalue weighted by Crippen LogP contribution is 2.28. The molecule has 7 heteroatoms. The Labute approximate surface area is 114 Å². The number of furan rings is 1. The summed E-state index contributed by atoms with van der Waals surface area (Å²) in [6, 6.07) is 3.90. The molecule has 108 valence electrons. The highest BCUT2D eigenvalue weighted by molar-refractivity contribution is 5.38. The number of anilines is 1. The summed E-state index contributed by atoms with van der Waals surface area (Å²) in [6.45, 7) is 5.54. The third-order valence-electron chi connectivity index (χ3n) is 2.87. The van der Waals surface area contributed by atoms with Crippen molar-refractivity contribution in [2.24, 2.45) is 0 Å². The van der Waals surface area contributed by atoms with E-state index >= 15 is 0 Å². The lowest BCUT2D eigenvalue weighted by atomic mass is 10.1. The van der Waals surface area contributed by atoms with Crippen LogP contribution in [0.25, 0.3) is 0 Å². The van der Waals surface area contributed by atoms with Gasteiger partial charge in [-0.3, -0.25) is 0 Å². The minimum Gasteiger partial charge on any atom is -0.466 e. The normalized spacial score (nSPS) is 13.3. The highest BCUT2D eigenvalue weighted by atomic mass is 19.4. The SMILES string of the molecule is Cc1cc(C(C)Nc2ccc(C(F)(F)F)nn2)c(C)o1. The number of rotatable bonds is 3. The minimum absolute atomic E-state index is 0.140. The molecule has 1 unspecified atom stereocenters. The second-order valence-electron chi connectivity index (χ2n) is 4.54. The summed E-state index contributed by atoms with van der Waals surface area (Å²) in [4.78, 5) is 0. The Kier molecular flexibility index (Phi) is 3.69. The molecule has 0 saturated carbocycles. The van der Waals surface area contributed by atoms with E-state index in [1.165, 1.54) is 6.07 Å². The summed E-state index contributed by atoms with van der Waals surface area (Å²) in [5, 5.41) is 9.69. The molecule has 2 heterocycles. The molecule has 4 nitrogen and oxygen atoms in total. The van der Waals surface area contributed by atoms with Crippen molar-refractivity contribution in [3.05, 3.63) is 41.0 Å². The van der Waals surface area contributed by atoms with Gasteiger partial charge in [0.25, 0.3) is 0 Å². The van der Waals surface area contributed by atoms with Gasteiger partial charge in [-0.05, 0) is 39.0 Å². The van der Waals surface area contributed by atoms with Crippen LogP contribution in [0, 0.1) is 13.8 Å². The fourth-order valence-electron chi connectivity index (χ4n) is 1.94. The Balaban J connectivity index is 2.12. The summed E-state index contributed by atoms with van der Waals surface area (Å²) >= 11 is 0. The fraction of sp³-hybridized carbons (Fsp3) is 0.385. The largest absolute Gasteiger partial charge is 0.466 e. The highest BCUT2D eigenvalue weighted by Gasteiger charge is 2.32. The van der Waals surface area contributed by atoms with Crippen LogP contribution in [0.3, 0.4) is 0 Å². The molecule has 0 aliphatic carbocycles. The van der Waals surface area contributed by atoms with Crippen molar-refractivity contribution in [1.29, 1.82) is 0 Å². The molecule has 0 fully saturated rings. The maximum absolute atomic E-state index is 12.4. The average Bonchev–Trinajstić information content (AvgIpc) is 2.68. The number of nitrogens with zero attached hydrogens (tertiary/aromatic N) is 2. The summed E-state index contributed by atoms with van der Waals surface area (Å²) in [5.74, 6) is 1.83. The number of nitrogens with one attached hydrogen (secondary N) is 1. The predicted molar refractivity (Wildman–Crippen MR) is 67.3 cm³/mol. The predicted octanol–water partition coefficient (Wildman–Crippen LogP) is 3.88. The molecule has 0 aromatic carbocycles. The number of aromatic nitrogens is 2. The van der Waals surface area contributed by atoms with E-state index in [9.17, 15) is 13.2 Å². The molecule has 2 rings (SSSR count). The third-order valence-corrected chi connectivity index (χ3v) is 2.87. The van der Waals surface area contributed by atoms with Crippen LogP contribution in [0.15, 0.2) is 22.6 Å². The van der Waals surface area contributed by atoms with Crippen molar-refractivity contribution < 1.29 is 17.6 Å². The molecule has 2 aromatic heterocycles. The third kappa shape index (κ3) is 3.09. The Morgan fingerprint density at radius 2 is 1.90 bits per heavy atom. The second-order valence-corrected chi connectivity index (χ2v) is 4.54. The van der Waals surface area contributed by atoms with E-state index in [1.54, 1.807) is 0 Å². The van der Waals surface area contributed by atoms with Crippen molar-refractivity contribution in [3.8, 4) is 0 Å². The van der Waals surface area contributed by atoms with E-state index < -0.39 is 11.9 Å². The Hall–Kier alpha value is -2.05. The van der Waals surface area contributed by atoms with Crippen LogP contribution in [-0.4, -0.2) is 10.2 Å². The lowest BCUT2D eigenvalue weighted by molar-refractivity contribution is -0.141. The maximum atomic E-state index is 12.4. The van der Waals surface area contributed by atoms with E-state index in [0.717, 1.165) is 23.2 Å². The van der Waals surface area contributed by atoms with Crippen molar-refractivity contribution >= 4 is 5.82 Å². The van der Waals surface area contributed by atoms with E-state index in [-0.39, 0.29) is 11.9 Å². The van der Waals surface area contributed by atoms with Crippen LogP contribution in [0.4, 0.5) is 19.0 Å². The zero-order valence-electron chi connectivity index (χ0n) is 11.2. The molecule has 0 radical (unpaired) electrons. The van der Waals surface area contributed by atoms with Gasteiger partial charge in [-0.2, -0.15) is 13.2 Å². The molecule has 0 spiro atoms. The fourth-order valence-corrected chi connectivity index (χ4v) is 1.94. The molecule has 0 saturated heterocycles. The monoisotopic (exact) mass is 285 g/mol. The van der Waals surface area contributed by atoms with Crippen molar-refractivity contribution in [2.45, 2.75) is 33.0 Å². The second kappa shape index (κ2) is 5.15. The van der Waals surface area contributed by atoms with Crippen LogP contribution in [0.1, 0.15) is 35.7 Å². The lowest BCUT2D eigenvalue weighted by Gasteiger charge is -2.13. The Morgan fingerprint density at radius 3 is 2.35 bits per heavy atom. The summed E-state index contributed by atoms with van der Waals surface area (Å²) < 4.78 is 42.5. The molecular formula is C13H14F3N3O. The standard InChI is InChI=1S/C13H14F3N3O/c1-7-6-10(9(3)20-7)8(2)17-12-5-4-11(18-19-12)13(14,15)16/h4-6,8H,1-3H3,(H,17,19). The van der Waals surface area contributed by atoms with Crippen molar-refractivity contribution in [3.63, 3.8) is 0 Å². The zero-order valence-corrected chi connectivity index (χ0v) is 11.2. The number of alkyl halides is 3.